The smallest absolute Gasteiger partial charge is 0.322 e. The molecular formula is C12H19N3O2. The van der Waals surface area contributed by atoms with Crippen LogP contribution in [0, 0.1) is 5.92 Å². The van der Waals surface area contributed by atoms with Crippen molar-refractivity contribution in [3.63, 3.8) is 0 Å². The van der Waals surface area contributed by atoms with Gasteiger partial charge in [-0.1, -0.05) is 13.8 Å². The third-order valence-corrected chi connectivity index (χ3v) is 2.32. The average molecular weight is 237 g/mol. The number of nitrogens with zero attached hydrogens (tertiary/aromatic N) is 2. The Balaban J connectivity index is 2.52. The van der Waals surface area contributed by atoms with E-state index in [2.05, 4.69) is 29.1 Å². The quantitative estimate of drug-likeness (QED) is 0.752. The first-order chi connectivity index (χ1) is 8.13. The minimum absolute atomic E-state index is 0.241. The second-order valence-corrected chi connectivity index (χ2v) is 4.25. The van der Waals surface area contributed by atoms with Crippen molar-refractivity contribution < 1.29 is 9.53 Å². The second kappa shape index (κ2) is 6.96. The lowest BCUT2D eigenvalue weighted by Gasteiger charge is -2.17. The van der Waals surface area contributed by atoms with Gasteiger partial charge in [0.2, 0.25) is 0 Å². The van der Waals surface area contributed by atoms with E-state index in [-0.39, 0.29) is 12.0 Å². The first kappa shape index (κ1) is 13.6. The molecule has 1 atom stereocenters. The second-order valence-electron chi connectivity index (χ2n) is 4.25. The SMILES string of the molecule is COC(=O)C(CC(C)C)NCc1ncccn1. The normalized spacial score (nSPS) is 12.5. The maximum Gasteiger partial charge on any atom is 0.322 e. The molecule has 94 valence electrons. The van der Waals surface area contributed by atoms with Crippen LogP contribution in [0.2, 0.25) is 0 Å². The number of hydrogen-bond acceptors (Lipinski definition) is 5. The Morgan fingerprint density at radius 3 is 2.59 bits per heavy atom. The number of esters is 1. The fourth-order valence-corrected chi connectivity index (χ4v) is 1.51. The molecule has 0 spiro atoms. The third kappa shape index (κ3) is 4.91. The molecule has 0 aromatic carbocycles. The molecule has 0 saturated heterocycles. The summed E-state index contributed by atoms with van der Waals surface area (Å²) in [7, 11) is 1.40. The number of nitrogens with one attached hydrogen (secondary N) is 1. The van der Waals surface area contributed by atoms with Crippen molar-refractivity contribution in [2.75, 3.05) is 7.11 Å². The van der Waals surface area contributed by atoms with Crippen LogP contribution < -0.4 is 5.32 Å². The van der Waals surface area contributed by atoms with Gasteiger partial charge in [0.15, 0.2) is 0 Å². The summed E-state index contributed by atoms with van der Waals surface area (Å²) in [5.41, 5.74) is 0. The predicted octanol–water partition coefficient (Wildman–Crippen LogP) is 1.15. The number of ether oxygens (including phenoxy) is 1. The molecule has 0 fully saturated rings. The standard InChI is InChI=1S/C12H19N3O2/c1-9(2)7-10(12(16)17-3)15-8-11-13-5-4-6-14-11/h4-6,9-10,15H,7-8H2,1-3H3. The van der Waals surface area contributed by atoms with Crippen molar-refractivity contribution in [1.29, 1.82) is 0 Å². The lowest BCUT2D eigenvalue weighted by molar-refractivity contribution is -0.143. The van der Waals surface area contributed by atoms with Gasteiger partial charge in [-0.2, -0.15) is 0 Å². The van der Waals surface area contributed by atoms with Gasteiger partial charge >= 0.3 is 5.97 Å². The Hall–Kier alpha value is -1.49. The molecule has 1 N–H and O–H groups in total. The molecule has 17 heavy (non-hydrogen) atoms. The van der Waals surface area contributed by atoms with Crippen molar-refractivity contribution in [1.82, 2.24) is 15.3 Å². The first-order valence-electron chi connectivity index (χ1n) is 5.70. The molecule has 5 heteroatoms. The van der Waals surface area contributed by atoms with E-state index in [0.29, 0.717) is 18.3 Å². The summed E-state index contributed by atoms with van der Waals surface area (Å²) < 4.78 is 4.76. The molecule has 0 radical (unpaired) electrons. The lowest BCUT2D eigenvalue weighted by Crippen LogP contribution is -2.38. The van der Waals surface area contributed by atoms with Crippen LogP contribution in [0.4, 0.5) is 0 Å². The van der Waals surface area contributed by atoms with Gasteiger partial charge in [0.1, 0.15) is 11.9 Å². The molecular weight excluding hydrogens is 218 g/mol. The van der Waals surface area contributed by atoms with Crippen LogP contribution in [-0.2, 0) is 16.1 Å². The van der Waals surface area contributed by atoms with Gasteiger partial charge < -0.3 is 4.74 Å². The number of aromatic nitrogens is 2. The highest BCUT2D eigenvalue weighted by molar-refractivity contribution is 5.75. The van der Waals surface area contributed by atoms with Crippen LogP contribution in [-0.4, -0.2) is 29.1 Å². The molecule has 0 amide bonds. The molecule has 0 saturated carbocycles. The highest BCUT2D eigenvalue weighted by Crippen LogP contribution is 2.06. The van der Waals surface area contributed by atoms with Gasteiger partial charge in [-0.15, -0.1) is 0 Å². The van der Waals surface area contributed by atoms with Gasteiger partial charge in [-0.25, -0.2) is 9.97 Å². The fourth-order valence-electron chi connectivity index (χ4n) is 1.51. The molecule has 1 aromatic rings. The molecule has 0 aliphatic rings. The molecule has 0 aliphatic carbocycles. The molecule has 1 heterocycles. The summed E-state index contributed by atoms with van der Waals surface area (Å²) in [5.74, 6) is 0.850. The van der Waals surface area contributed by atoms with E-state index in [9.17, 15) is 4.79 Å². The Kier molecular flexibility index (Phi) is 5.56. The van der Waals surface area contributed by atoms with Crippen molar-refractivity contribution in [3.05, 3.63) is 24.3 Å². The maximum absolute atomic E-state index is 11.5. The van der Waals surface area contributed by atoms with E-state index in [1.165, 1.54) is 7.11 Å². The van der Waals surface area contributed by atoms with E-state index < -0.39 is 0 Å². The molecule has 1 rings (SSSR count). The molecule has 0 bridgehead atoms. The van der Waals surface area contributed by atoms with Crippen LogP contribution in [0.5, 0.6) is 0 Å². The van der Waals surface area contributed by atoms with Crippen LogP contribution in [0.1, 0.15) is 26.1 Å². The highest BCUT2D eigenvalue weighted by Gasteiger charge is 2.19. The number of hydrogen-bond donors (Lipinski definition) is 1. The fraction of sp³-hybridized carbons (Fsp3) is 0.583. The summed E-state index contributed by atoms with van der Waals surface area (Å²) in [5, 5.41) is 3.12. The van der Waals surface area contributed by atoms with Gasteiger partial charge in [-0.3, -0.25) is 10.1 Å². The summed E-state index contributed by atoms with van der Waals surface area (Å²) in [4.78, 5) is 19.7. The van der Waals surface area contributed by atoms with E-state index in [4.69, 9.17) is 4.74 Å². The molecule has 1 unspecified atom stereocenters. The van der Waals surface area contributed by atoms with Gasteiger partial charge in [0.05, 0.1) is 13.7 Å². The van der Waals surface area contributed by atoms with E-state index in [1.54, 1.807) is 18.5 Å². The summed E-state index contributed by atoms with van der Waals surface area (Å²) in [6, 6.07) is 1.46. The Bertz CT molecular complexity index is 341. The van der Waals surface area contributed by atoms with Crippen LogP contribution in [0.3, 0.4) is 0 Å². The van der Waals surface area contributed by atoms with Crippen molar-refractivity contribution >= 4 is 5.97 Å². The topological polar surface area (TPSA) is 64.1 Å². The first-order valence-corrected chi connectivity index (χ1v) is 5.70. The number of carbonyl (C=O) groups excluding carboxylic acids is 1. The van der Waals surface area contributed by atoms with E-state index in [1.807, 2.05) is 0 Å². The van der Waals surface area contributed by atoms with Crippen LogP contribution >= 0.6 is 0 Å². The lowest BCUT2D eigenvalue weighted by atomic mass is 10.0. The monoisotopic (exact) mass is 237 g/mol. The van der Waals surface area contributed by atoms with Gasteiger partial charge in [-0.05, 0) is 18.4 Å². The Labute approximate surface area is 102 Å². The molecule has 5 nitrogen and oxygen atoms in total. The van der Waals surface area contributed by atoms with Gasteiger partial charge in [0, 0.05) is 12.4 Å². The Morgan fingerprint density at radius 1 is 1.41 bits per heavy atom. The number of methoxy groups -OCH3 is 1. The number of carbonyl (C=O) groups is 1. The minimum atomic E-state index is -0.302. The third-order valence-electron chi connectivity index (χ3n) is 2.32. The highest BCUT2D eigenvalue weighted by atomic mass is 16.5. The van der Waals surface area contributed by atoms with E-state index >= 15 is 0 Å². The Morgan fingerprint density at radius 2 is 2.06 bits per heavy atom. The average Bonchev–Trinajstić information content (AvgIpc) is 2.34. The maximum atomic E-state index is 11.5. The van der Waals surface area contributed by atoms with Gasteiger partial charge in [0.25, 0.3) is 0 Å². The minimum Gasteiger partial charge on any atom is -0.468 e. The number of rotatable bonds is 6. The van der Waals surface area contributed by atoms with Crippen molar-refractivity contribution in [2.24, 2.45) is 5.92 Å². The summed E-state index contributed by atoms with van der Waals surface area (Å²) in [6.07, 6.45) is 4.10. The predicted molar refractivity (Wildman–Crippen MR) is 64.1 cm³/mol. The summed E-state index contributed by atoms with van der Waals surface area (Å²) >= 11 is 0. The van der Waals surface area contributed by atoms with Crippen molar-refractivity contribution in [2.45, 2.75) is 32.9 Å². The zero-order valence-electron chi connectivity index (χ0n) is 10.5. The van der Waals surface area contributed by atoms with Crippen LogP contribution in [0.25, 0.3) is 0 Å². The molecule has 0 aliphatic heterocycles. The summed E-state index contributed by atoms with van der Waals surface area (Å²) in [6.45, 7) is 4.60. The largest absolute Gasteiger partial charge is 0.468 e. The van der Waals surface area contributed by atoms with Crippen LogP contribution in [0.15, 0.2) is 18.5 Å². The zero-order valence-corrected chi connectivity index (χ0v) is 10.5. The zero-order chi connectivity index (χ0) is 12.7. The molecule has 1 aromatic heterocycles. The van der Waals surface area contributed by atoms with E-state index in [0.717, 1.165) is 6.42 Å². The van der Waals surface area contributed by atoms with Crippen molar-refractivity contribution in [3.8, 4) is 0 Å².